The van der Waals surface area contributed by atoms with E-state index in [2.05, 4.69) is 71.9 Å². The van der Waals surface area contributed by atoms with Gasteiger partial charge in [-0.25, -0.2) is 0 Å². The summed E-state index contributed by atoms with van der Waals surface area (Å²) in [6.07, 6.45) is 0. The van der Waals surface area contributed by atoms with Gasteiger partial charge in [-0.3, -0.25) is 9.88 Å². The van der Waals surface area contributed by atoms with Crippen LogP contribution in [0.4, 0.5) is 0 Å². The number of likely N-dealkylation sites (N-methyl/N-ethyl adjacent to an activating group) is 1. The van der Waals surface area contributed by atoms with E-state index < -0.39 is 0 Å². The van der Waals surface area contributed by atoms with Crippen molar-refractivity contribution >= 4 is 12.6 Å². The van der Waals surface area contributed by atoms with Gasteiger partial charge in [-0.2, -0.15) is 12.6 Å². The Bertz CT molecular complexity index is 542. The molecule has 0 aliphatic heterocycles. The first-order chi connectivity index (χ1) is 10.2. The molecule has 1 heterocycles. The monoisotopic (exact) mass is 300 g/mol. The minimum absolute atomic E-state index is 0.458. The molecule has 2 rings (SSSR count). The van der Waals surface area contributed by atoms with Crippen LogP contribution in [0.2, 0.25) is 0 Å². The van der Waals surface area contributed by atoms with E-state index in [1.165, 1.54) is 5.56 Å². The zero-order valence-corrected chi connectivity index (χ0v) is 13.8. The molecule has 0 aliphatic rings. The number of aromatic nitrogens is 1. The Morgan fingerprint density at radius 2 is 1.86 bits per heavy atom. The number of rotatable bonds is 7. The van der Waals surface area contributed by atoms with Crippen molar-refractivity contribution in [1.82, 2.24) is 9.88 Å². The second-order valence-electron chi connectivity index (χ2n) is 5.39. The van der Waals surface area contributed by atoms with Crippen LogP contribution < -0.4 is 0 Å². The normalized spacial score (nSPS) is 12.6. The predicted octanol–water partition coefficient (Wildman–Crippen LogP) is 3.93. The molecule has 0 N–H and O–H groups in total. The molecule has 2 aromatic rings. The fourth-order valence-electron chi connectivity index (χ4n) is 2.53. The van der Waals surface area contributed by atoms with Gasteiger partial charge in [0.25, 0.3) is 0 Å². The first-order valence-electron chi connectivity index (χ1n) is 7.53. The van der Waals surface area contributed by atoms with Gasteiger partial charge in [0, 0.05) is 24.7 Å². The van der Waals surface area contributed by atoms with E-state index in [1.807, 2.05) is 13.0 Å². The van der Waals surface area contributed by atoms with Crippen LogP contribution in [-0.2, 0) is 6.54 Å². The van der Waals surface area contributed by atoms with Crippen molar-refractivity contribution in [3.63, 3.8) is 0 Å². The number of hydrogen-bond donors (Lipinski definition) is 1. The Hall–Kier alpha value is -1.32. The molecular weight excluding hydrogens is 276 g/mol. The Kier molecular flexibility index (Phi) is 6.27. The topological polar surface area (TPSA) is 16.1 Å². The zero-order chi connectivity index (χ0) is 15.1. The molecule has 0 saturated carbocycles. The number of benzene rings is 1. The first-order valence-corrected chi connectivity index (χ1v) is 8.17. The lowest BCUT2D eigenvalue weighted by molar-refractivity contribution is 0.264. The average molecular weight is 300 g/mol. The van der Waals surface area contributed by atoms with Gasteiger partial charge in [0.05, 0.1) is 5.69 Å². The maximum absolute atomic E-state index is 4.61. The Labute approximate surface area is 133 Å². The summed E-state index contributed by atoms with van der Waals surface area (Å²) in [6, 6.07) is 16.9. The van der Waals surface area contributed by atoms with Crippen LogP contribution in [0.3, 0.4) is 0 Å². The van der Waals surface area contributed by atoms with E-state index in [0.29, 0.717) is 5.92 Å². The lowest BCUT2D eigenvalue weighted by Crippen LogP contribution is -2.29. The fourth-order valence-corrected chi connectivity index (χ4v) is 2.85. The second-order valence-corrected chi connectivity index (χ2v) is 5.75. The van der Waals surface area contributed by atoms with Crippen LogP contribution in [0, 0.1) is 6.92 Å². The summed E-state index contributed by atoms with van der Waals surface area (Å²) in [5, 5.41) is 0. The van der Waals surface area contributed by atoms with E-state index >= 15 is 0 Å². The number of nitrogens with zero attached hydrogens (tertiary/aromatic N) is 2. The van der Waals surface area contributed by atoms with Crippen molar-refractivity contribution < 1.29 is 0 Å². The van der Waals surface area contributed by atoms with Crippen molar-refractivity contribution in [2.75, 3.05) is 18.8 Å². The molecule has 0 saturated heterocycles. The average Bonchev–Trinajstić information content (AvgIpc) is 2.52. The van der Waals surface area contributed by atoms with E-state index in [-0.39, 0.29) is 0 Å². The van der Waals surface area contributed by atoms with Gasteiger partial charge in [0.15, 0.2) is 0 Å². The minimum Gasteiger partial charge on any atom is -0.297 e. The lowest BCUT2D eigenvalue weighted by Gasteiger charge is -2.25. The van der Waals surface area contributed by atoms with Gasteiger partial charge >= 0.3 is 0 Å². The van der Waals surface area contributed by atoms with Crippen molar-refractivity contribution in [1.29, 1.82) is 0 Å². The van der Waals surface area contributed by atoms with Crippen LogP contribution in [0.25, 0.3) is 0 Å². The number of hydrogen-bond acceptors (Lipinski definition) is 3. The van der Waals surface area contributed by atoms with Gasteiger partial charge < -0.3 is 0 Å². The van der Waals surface area contributed by atoms with E-state index in [4.69, 9.17) is 0 Å². The number of pyridine rings is 1. The highest BCUT2D eigenvalue weighted by atomic mass is 32.1. The third kappa shape index (κ3) is 4.87. The summed E-state index contributed by atoms with van der Waals surface area (Å²) >= 11 is 4.54. The van der Waals surface area contributed by atoms with Crippen LogP contribution in [0.5, 0.6) is 0 Å². The Balaban J connectivity index is 2.04. The summed E-state index contributed by atoms with van der Waals surface area (Å²) in [5.41, 5.74) is 3.59. The van der Waals surface area contributed by atoms with Gasteiger partial charge in [-0.1, -0.05) is 43.3 Å². The molecular formula is C18H24N2S. The standard InChI is InChI=1S/C18H24N2S/c1-3-20(13-18-11-7-8-15(2)19-18)12-17(14-21)16-9-5-4-6-10-16/h4-11,17,21H,3,12-14H2,1-2H3. The maximum atomic E-state index is 4.61. The summed E-state index contributed by atoms with van der Waals surface area (Å²) in [6.45, 7) is 7.18. The molecule has 0 aliphatic carbocycles. The molecule has 1 aromatic heterocycles. The van der Waals surface area contributed by atoms with Crippen molar-refractivity contribution in [2.24, 2.45) is 0 Å². The molecule has 0 bridgehead atoms. The minimum atomic E-state index is 0.458. The smallest absolute Gasteiger partial charge is 0.0547 e. The summed E-state index contributed by atoms with van der Waals surface area (Å²) in [5.74, 6) is 1.32. The van der Waals surface area contributed by atoms with E-state index in [1.54, 1.807) is 0 Å². The SMILES string of the molecule is CCN(Cc1cccc(C)n1)CC(CS)c1ccccc1. The maximum Gasteiger partial charge on any atom is 0.0547 e. The third-order valence-electron chi connectivity index (χ3n) is 3.75. The summed E-state index contributed by atoms with van der Waals surface area (Å²) < 4.78 is 0. The largest absolute Gasteiger partial charge is 0.297 e. The van der Waals surface area contributed by atoms with Crippen molar-refractivity contribution in [3.05, 3.63) is 65.5 Å². The highest BCUT2D eigenvalue weighted by molar-refractivity contribution is 7.80. The molecule has 3 heteroatoms. The molecule has 0 fully saturated rings. The molecule has 1 atom stereocenters. The lowest BCUT2D eigenvalue weighted by atomic mass is 10.0. The number of aryl methyl sites for hydroxylation is 1. The van der Waals surface area contributed by atoms with Gasteiger partial charge in [0.2, 0.25) is 0 Å². The van der Waals surface area contributed by atoms with E-state index in [9.17, 15) is 0 Å². The summed E-state index contributed by atoms with van der Waals surface area (Å²) in [7, 11) is 0. The molecule has 0 amide bonds. The molecule has 0 radical (unpaired) electrons. The first kappa shape index (κ1) is 16.1. The zero-order valence-electron chi connectivity index (χ0n) is 12.9. The van der Waals surface area contributed by atoms with Crippen LogP contribution in [-0.4, -0.2) is 28.7 Å². The molecule has 1 aromatic carbocycles. The number of thiol groups is 1. The highest BCUT2D eigenvalue weighted by Gasteiger charge is 2.14. The van der Waals surface area contributed by atoms with E-state index in [0.717, 1.165) is 36.8 Å². The van der Waals surface area contributed by atoms with Crippen molar-refractivity contribution in [2.45, 2.75) is 26.3 Å². The Morgan fingerprint density at radius 1 is 1.10 bits per heavy atom. The van der Waals surface area contributed by atoms with Crippen molar-refractivity contribution in [3.8, 4) is 0 Å². The van der Waals surface area contributed by atoms with Crippen LogP contribution >= 0.6 is 12.6 Å². The predicted molar refractivity (Wildman–Crippen MR) is 93.0 cm³/mol. The second kappa shape index (κ2) is 8.20. The van der Waals surface area contributed by atoms with Gasteiger partial charge in [0.1, 0.15) is 0 Å². The van der Waals surface area contributed by atoms with Crippen LogP contribution in [0.1, 0.15) is 29.8 Å². The van der Waals surface area contributed by atoms with Gasteiger partial charge in [-0.15, -0.1) is 0 Å². The van der Waals surface area contributed by atoms with Gasteiger partial charge in [-0.05, 0) is 36.9 Å². The van der Waals surface area contributed by atoms with Crippen LogP contribution in [0.15, 0.2) is 48.5 Å². The Morgan fingerprint density at radius 3 is 2.48 bits per heavy atom. The highest BCUT2D eigenvalue weighted by Crippen LogP contribution is 2.19. The summed E-state index contributed by atoms with van der Waals surface area (Å²) in [4.78, 5) is 7.05. The molecule has 1 unspecified atom stereocenters. The quantitative estimate of drug-likeness (QED) is 0.780. The molecule has 2 nitrogen and oxygen atoms in total. The molecule has 0 spiro atoms. The third-order valence-corrected chi connectivity index (χ3v) is 4.19. The fraction of sp³-hybridized carbons (Fsp3) is 0.389. The molecule has 112 valence electrons. The molecule has 21 heavy (non-hydrogen) atoms.